The van der Waals surface area contributed by atoms with Gasteiger partial charge in [-0.25, -0.2) is 19.6 Å². The molecule has 8 rings (SSSR count). The largest absolute Gasteiger partial charge is 0.453 e. The molecule has 4 N–H and O–H groups in total. The zero-order valence-electron chi connectivity index (χ0n) is 34.8. The van der Waals surface area contributed by atoms with Crippen LogP contribution in [-0.2, 0) is 31.9 Å². The molecular weight excluding hydrogens is 773 g/mol. The zero-order valence-corrected chi connectivity index (χ0v) is 34.8. The number of nitrogens with zero attached hydrogens (tertiary/aromatic N) is 4. The number of methoxy groups -OCH3 is 2. The molecule has 4 atom stereocenters. The van der Waals surface area contributed by atoms with Crippen LogP contribution in [0.25, 0.3) is 22.5 Å². The smallest absolute Gasteiger partial charge is 0.407 e. The molecule has 4 heterocycles. The van der Waals surface area contributed by atoms with Gasteiger partial charge in [0.2, 0.25) is 5.91 Å². The van der Waals surface area contributed by atoms with Crippen molar-refractivity contribution in [2.75, 3.05) is 27.3 Å². The fourth-order valence-electron chi connectivity index (χ4n) is 8.67. The van der Waals surface area contributed by atoms with Crippen molar-refractivity contribution < 1.29 is 28.7 Å². The van der Waals surface area contributed by atoms with E-state index in [1.54, 1.807) is 11.1 Å². The maximum absolute atomic E-state index is 13.9. The minimum atomic E-state index is -0.882. The number of aryl methyl sites for hydroxylation is 2. The van der Waals surface area contributed by atoms with Gasteiger partial charge in [-0.15, -0.1) is 0 Å². The summed E-state index contributed by atoms with van der Waals surface area (Å²) in [4.78, 5) is 72.2. The van der Waals surface area contributed by atoms with E-state index in [4.69, 9.17) is 19.4 Å². The normalized spacial score (nSPS) is 17.7. The number of nitrogens with one attached hydrogen (secondary N) is 4. The quantitative estimate of drug-likeness (QED) is 0.118. The summed E-state index contributed by atoms with van der Waals surface area (Å²) in [5.74, 6) is 7.68. The van der Waals surface area contributed by atoms with Gasteiger partial charge < -0.3 is 39.9 Å². The Bertz CT molecular complexity index is 2480. The van der Waals surface area contributed by atoms with E-state index in [-0.39, 0.29) is 29.8 Å². The molecule has 2 aromatic heterocycles. The number of hydrogen-bond acceptors (Lipinski definition) is 8. The highest BCUT2D eigenvalue weighted by Crippen LogP contribution is 2.38. The molecule has 1 aliphatic carbocycles. The average molecular weight is 823 g/mol. The van der Waals surface area contributed by atoms with Crippen LogP contribution in [-0.4, -0.2) is 87.1 Å². The van der Waals surface area contributed by atoms with Gasteiger partial charge in [0.25, 0.3) is 5.91 Å². The highest BCUT2D eigenvalue weighted by atomic mass is 16.5. The van der Waals surface area contributed by atoms with E-state index in [1.807, 2.05) is 79.4 Å². The number of ether oxygens (including phenoxy) is 2. The fraction of sp³-hybridized carbons (Fsp3) is 0.362. The molecule has 2 saturated heterocycles. The number of likely N-dealkylation sites (tertiary alicyclic amines) is 2. The summed E-state index contributed by atoms with van der Waals surface area (Å²) in [7, 11) is 2.58. The molecule has 3 aliphatic rings. The van der Waals surface area contributed by atoms with Crippen molar-refractivity contribution in [1.82, 2.24) is 40.4 Å². The summed E-state index contributed by atoms with van der Waals surface area (Å²) in [5, 5.41) is 5.43. The Kier molecular flexibility index (Phi) is 11.9. The van der Waals surface area contributed by atoms with Crippen LogP contribution < -0.4 is 10.6 Å². The van der Waals surface area contributed by atoms with E-state index in [0.29, 0.717) is 24.5 Å². The standard InChI is InChI=1S/C47H50N8O6/c1-28(2)39(52-46(58)60-3)44(56)55-25-9-13-38(55)43-49-35-23-21-33-26-30(18-22-34(33)41(35)51-43)15-14-29-16-19-31(20-17-29)36-27-48-42(50-36)37-12-8-24-54(37)45(57)40(53-47(59)61-4)32-10-6-5-7-11-32/h5-7,10-11,16-20,22,26-28,37-40H,8-9,12-13,21,23-25H2,1-4H3,(H,48,50)(H,49,51)(H,52,58)(H,53,59). The van der Waals surface area contributed by atoms with Gasteiger partial charge in [0.05, 0.1) is 43.9 Å². The molecule has 3 aromatic carbocycles. The van der Waals surface area contributed by atoms with Crippen molar-refractivity contribution in [3.05, 3.63) is 119 Å². The molecule has 2 fully saturated rings. The molecule has 4 unspecified atom stereocenters. The lowest BCUT2D eigenvalue weighted by Crippen LogP contribution is -2.51. The lowest BCUT2D eigenvalue weighted by Gasteiger charge is -2.30. The first-order chi connectivity index (χ1) is 29.6. The van der Waals surface area contributed by atoms with Gasteiger partial charge in [-0.05, 0) is 85.4 Å². The Morgan fingerprint density at radius 3 is 2.13 bits per heavy atom. The summed E-state index contributed by atoms with van der Waals surface area (Å²) < 4.78 is 9.61. The van der Waals surface area contributed by atoms with E-state index in [2.05, 4.69) is 44.6 Å². The summed E-state index contributed by atoms with van der Waals surface area (Å²) in [5.41, 5.74) is 8.48. The summed E-state index contributed by atoms with van der Waals surface area (Å²) in [6.07, 6.45) is 5.36. The van der Waals surface area contributed by atoms with Crippen molar-refractivity contribution in [3.8, 4) is 34.4 Å². The van der Waals surface area contributed by atoms with Gasteiger partial charge in [-0.1, -0.05) is 74.2 Å². The number of carbonyl (C=O) groups excluding carboxylic acids is 4. The molecule has 0 bridgehead atoms. The molecule has 5 aromatic rings. The van der Waals surface area contributed by atoms with E-state index in [0.717, 1.165) is 83.7 Å². The Morgan fingerprint density at radius 1 is 0.770 bits per heavy atom. The van der Waals surface area contributed by atoms with Gasteiger partial charge in [0, 0.05) is 35.5 Å². The molecule has 4 amide bonds. The number of aromatic nitrogens is 4. The number of imidazole rings is 2. The number of benzene rings is 3. The third-order valence-corrected chi connectivity index (χ3v) is 11.9. The number of aromatic amines is 2. The van der Waals surface area contributed by atoms with Crippen molar-refractivity contribution in [2.45, 2.75) is 76.5 Å². The third-order valence-electron chi connectivity index (χ3n) is 11.9. The second-order valence-corrected chi connectivity index (χ2v) is 16.0. The first-order valence-electron chi connectivity index (χ1n) is 20.9. The molecule has 14 nitrogen and oxygen atoms in total. The van der Waals surface area contributed by atoms with Gasteiger partial charge >= 0.3 is 12.2 Å². The minimum absolute atomic E-state index is 0.105. The minimum Gasteiger partial charge on any atom is -0.453 e. The molecule has 0 saturated carbocycles. The number of hydrogen-bond donors (Lipinski definition) is 4. The number of alkyl carbamates (subject to hydrolysis) is 2. The highest BCUT2D eigenvalue weighted by Gasteiger charge is 2.39. The predicted octanol–water partition coefficient (Wildman–Crippen LogP) is 6.77. The van der Waals surface area contributed by atoms with Crippen molar-refractivity contribution in [3.63, 3.8) is 0 Å². The molecule has 0 spiro atoms. The van der Waals surface area contributed by atoms with Gasteiger partial charge in [-0.3, -0.25) is 9.59 Å². The van der Waals surface area contributed by atoms with E-state index in [9.17, 15) is 19.2 Å². The van der Waals surface area contributed by atoms with Gasteiger partial charge in [0.15, 0.2) is 0 Å². The molecule has 314 valence electrons. The van der Waals surface area contributed by atoms with Crippen LogP contribution in [0.2, 0.25) is 0 Å². The van der Waals surface area contributed by atoms with E-state index in [1.165, 1.54) is 19.8 Å². The summed E-state index contributed by atoms with van der Waals surface area (Å²) in [6, 6.07) is 21.4. The Balaban J connectivity index is 0.932. The van der Waals surface area contributed by atoms with Crippen LogP contribution in [0.5, 0.6) is 0 Å². The molecular formula is C47H50N8O6. The second-order valence-electron chi connectivity index (χ2n) is 16.0. The monoisotopic (exact) mass is 822 g/mol. The van der Waals surface area contributed by atoms with E-state index >= 15 is 0 Å². The summed E-state index contributed by atoms with van der Waals surface area (Å²) >= 11 is 0. The number of carbonyl (C=O) groups is 4. The molecule has 14 heteroatoms. The lowest BCUT2D eigenvalue weighted by atomic mass is 9.91. The Labute approximate surface area is 354 Å². The lowest BCUT2D eigenvalue weighted by molar-refractivity contribution is -0.135. The van der Waals surface area contributed by atoms with Crippen molar-refractivity contribution >= 4 is 24.0 Å². The zero-order chi connectivity index (χ0) is 42.6. The van der Waals surface area contributed by atoms with Crippen LogP contribution >= 0.6 is 0 Å². The molecule has 61 heavy (non-hydrogen) atoms. The van der Waals surface area contributed by atoms with Crippen LogP contribution in [0.15, 0.2) is 79.0 Å². The maximum Gasteiger partial charge on any atom is 0.407 e. The highest BCUT2D eigenvalue weighted by molar-refractivity contribution is 5.88. The number of rotatable bonds is 9. The van der Waals surface area contributed by atoms with E-state index < -0.39 is 24.3 Å². The average Bonchev–Trinajstić information content (AvgIpc) is 4.13. The predicted molar refractivity (Wildman–Crippen MR) is 228 cm³/mol. The number of amides is 4. The van der Waals surface area contributed by atoms with Gasteiger partial charge in [0.1, 0.15) is 23.7 Å². The molecule has 2 aliphatic heterocycles. The van der Waals surface area contributed by atoms with Gasteiger partial charge in [-0.2, -0.15) is 0 Å². The second kappa shape index (κ2) is 17.8. The third kappa shape index (κ3) is 8.59. The van der Waals surface area contributed by atoms with Crippen molar-refractivity contribution in [1.29, 1.82) is 0 Å². The first kappa shape index (κ1) is 40.9. The SMILES string of the molecule is COC(=O)NC(C(=O)N1CCCC1c1ncc(-c2ccc(C#Cc3ccc4c(c3)CCc3[nH]c(C5CCCN5C(=O)C(NC(=O)OC)C(C)C)nc3-4)cc2)[nH]1)c1ccccc1. The molecule has 0 radical (unpaired) electrons. The van der Waals surface area contributed by atoms with Crippen molar-refractivity contribution in [2.24, 2.45) is 5.92 Å². The number of H-pyrrole nitrogens is 2. The first-order valence-corrected chi connectivity index (χ1v) is 20.9. The fourth-order valence-corrected chi connectivity index (χ4v) is 8.67. The maximum atomic E-state index is 13.9. The Hall–Kier alpha value is -6.88. The summed E-state index contributed by atoms with van der Waals surface area (Å²) in [6.45, 7) is 4.98. The topological polar surface area (TPSA) is 175 Å². The van der Waals surface area contributed by atoms with Crippen LogP contribution in [0.3, 0.4) is 0 Å². The van der Waals surface area contributed by atoms with Crippen LogP contribution in [0, 0.1) is 17.8 Å². The number of fused-ring (bicyclic) bond motifs is 3. The Morgan fingerprint density at radius 2 is 1.43 bits per heavy atom. The van der Waals surface area contributed by atoms with Crippen LogP contribution in [0.4, 0.5) is 9.59 Å². The van der Waals surface area contributed by atoms with Crippen LogP contribution in [0.1, 0.15) is 97.3 Å².